The van der Waals surface area contributed by atoms with Crippen LogP contribution in [0.15, 0.2) is 41.0 Å². The van der Waals surface area contributed by atoms with E-state index in [9.17, 15) is 0 Å². The molecule has 0 aliphatic heterocycles. The molecule has 0 aliphatic carbocycles. The Morgan fingerprint density at radius 1 is 1.33 bits per heavy atom. The second-order valence-corrected chi connectivity index (χ2v) is 5.74. The van der Waals surface area contributed by atoms with Crippen molar-refractivity contribution >= 4 is 38.7 Å². The van der Waals surface area contributed by atoms with E-state index in [2.05, 4.69) is 25.9 Å². The first-order valence-electron chi connectivity index (χ1n) is 6.40. The molecule has 0 saturated heterocycles. The lowest BCUT2D eigenvalue weighted by Crippen LogP contribution is -2.04. The zero-order valence-corrected chi connectivity index (χ0v) is 13.7. The highest BCUT2D eigenvalue weighted by molar-refractivity contribution is 9.10. The van der Waals surface area contributed by atoms with E-state index >= 15 is 0 Å². The number of imidazole rings is 1. The van der Waals surface area contributed by atoms with Gasteiger partial charge in [0, 0.05) is 23.3 Å². The summed E-state index contributed by atoms with van der Waals surface area (Å²) in [5.41, 5.74) is 3.66. The van der Waals surface area contributed by atoms with Gasteiger partial charge >= 0.3 is 0 Å². The van der Waals surface area contributed by atoms with E-state index in [0.717, 1.165) is 32.7 Å². The molecule has 0 N–H and O–H groups in total. The standard InChI is InChI=1S/C15H13BrClN3O/c1-21-9-10-4-2-3-5-13(10)20-14(7-17)19-12-6-11(16)8-18-15(12)20/h2-6,8H,7,9H2,1H3. The van der Waals surface area contributed by atoms with Crippen LogP contribution in [0.4, 0.5) is 0 Å². The number of para-hydroxylation sites is 1. The quantitative estimate of drug-likeness (QED) is 0.654. The summed E-state index contributed by atoms with van der Waals surface area (Å²) in [6.07, 6.45) is 1.76. The molecule has 0 atom stereocenters. The van der Waals surface area contributed by atoms with Gasteiger partial charge in [0.25, 0.3) is 0 Å². The number of pyridine rings is 1. The molecule has 3 aromatic rings. The summed E-state index contributed by atoms with van der Waals surface area (Å²) in [5, 5.41) is 0. The van der Waals surface area contributed by atoms with Crippen molar-refractivity contribution in [3.8, 4) is 5.69 Å². The van der Waals surface area contributed by atoms with E-state index in [1.807, 2.05) is 34.9 Å². The van der Waals surface area contributed by atoms with Crippen LogP contribution < -0.4 is 0 Å². The number of aromatic nitrogens is 3. The molecule has 6 heteroatoms. The van der Waals surface area contributed by atoms with Crippen LogP contribution >= 0.6 is 27.5 Å². The highest BCUT2D eigenvalue weighted by atomic mass is 79.9. The first-order valence-corrected chi connectivity index (χ1v) is 7.73. The number of alkyl halides is 1. The van der Waals surface area contributed by atoms with Gasteiger partial charge in [-0.05, 0) is 28.1 Å². The van der Waals surface area contributed by atoms with Crippen LogP contribution in [0, 0.1) is 0 Å². The number of ether oxygens (including phenoxy) is 1. The predicted molar refractivity (Wildman–Crippen MR) is 86.8 cm³/mol. The number of halogens is 2. The van der Waals surface area contributed by atoms with Crippen LogP contribution in [0.5, 0.6) is 0 Å². The van der Waals surface area contributed by atoms with Crippen LogP contribution in [0.3, 0.4) is 0 Å². The van der Waals surface area contributed by atoms with Crippen molar-refractivity contribution in [3.05, 3.63) is 52.4 Å². The van der Waals surface area contributed by atoms with Crippen molar-refractivity contribution in [1.29, 1.82) is 0 Å². The van der Waals surface area contributed by atoms with Gasteiger partial charge in [0.1, 0.15) is 11.3 Å². The lowest BCUT2D eigenvalue weighted by atomic mass is 10.2. The number of benzene rings is 1. The third kappa shape index (κ3) is 2.69. The molecule has 0 unspecified atom stereocenters. The number of fused-ring (bicyclic) bond motifs is 1. The highest BCUT2D eigenvalue weighted by Gasteiger charge is 2.15. The molecule has 21 heavy (non-hydrogen) atoms. The zero-order valence-electron chi connectivity index (χ0n) is 11.4. The summed E-state index contributed by atoms with van der Waals surface area (Å²) in [7, 11) is 1.68. The van der Waals surface area contributed by atoms with Crippen LogP contribution in [-0.4, -0.2) is 21.6 Å². The molecule has 0 spiro atoms. The highest BCUT2D eigenvalue weighted by Crippen LogP contribution is 2.25. The van der Waals surface area contributed by atoms with Gasteiger partial charge in [0.2, 0.25) is 0 Å². The second-order valence-electron chi connectivity index (χ2n) is 4.56. The maximum atomic E-state index is 6.07. The maximum Gasteiger partial charge on any atom is 0.164 e. The number of rotatable bonds is 4. The minimum atomic E-state index is 0.315. The van der Waals surface area contributed by atoms with Gasteiger partial charge in [-0.25, -0.2) is 9.97 Å². The Bertz CT molecular complexity index is 788. The number of hydrogen-bond donors (Lipinski definition) is 0. The van der Waals surface area contributed by atoms with Crippen molar-refractivity contribution in [2.24, 2.45) is 0 Å². The Hall–Kier alpha value is -1.43. The van der Waals surface area contributed by atoms with Crippen LogP contribution in [0.25, 0.3) is 16.9 Å². The van der Waals surface area contributed by atoms with Gasteiger partial charge in [-0.1, -0.05) is 18.2 Å². The smallest absolute Gasteiger partial charge is 0.164 e. The van der Waals surface area contributed by atoms with E-state index in [0.29, 0.717) is 12.5 Å². The summed E-state index contributed by atoms with van der Waals surface area (Å²) in [6, 6.07) is 9.96. The largest absolute Gasteiger partial charge is 0.380 e. The summed E-state index contributed by atoms with van der Waals surface area (Å²) < 4.78 is 8.16. The molecule has 3 rings (SSSR count). The molecular weight excluding hydrogens is 354 g/mol. The Morgan fingerprint density at radius 3 is 2.90 bits per heavy atom. The van der Waals surface area contributed by atoms with Crippen molar-refractivity contribution in [2.75, 3.05) is 7.11 Å². The third-order valence-corrected chi connectivity index (χ3v) is 3.86. The molecular formula is C15H13BrClN3O. The second kappa shape index (κ2) is 6.13. The fraction of sp³-hybridized carbons (Fsp3) is 0.200. The summed E-state index contributed by atoms with van der Waals surface area (Å²) in [5.74, 6) is 1.08. The first kappa shape index (κ1) is 14.5. The molecule has 0 aliphatic rings. The van der Waals surface area contributed by atoms with Crippen molar-refractivity contribution in [3.63, 3.8) is 0 Å². The predicted octanol–water partition coefficient (Wildman–Crippen LogP) is 4.07. The minimum absolute atomic E-state index is 0.315. The number of nitrogens with zero attached hydrogens (tertiary/aromatic N) is 3. The lowest BCUT2D eigenvalue weighted by molar-refractivity contribution is 0.185. The van der Waals surface area contributed by atoms with E-state index in [-0.39, 0.29) is 0 Å². The van der Waals surface area contributed by atoms with Gasteiger partial charge in [-0.3, -0.25) is 4.57 Å². The molecule has 1 aromatic carbocycles. The molecule has 4 nitrogen and oxygen atoms in total. The van der Waals surface area contributed by atoms with Gasteiger partial charge in [0.15, 0.2) is 5.65 Å². The van der Waals surface area contributed by atoms with Crippen LogP contribution in [-0.2, 0) is 17.2 Å². The van der Waals surface area contributed by atoms with Crippen molar-refractivity contribution in [1.82, 2.24) is 14.5 Å². The van der Waals surface area contributed by atoms with E-state index < -0.39 is 0 Å². The van der Waals surface area contributed by atoms with Crippen molar-refractivity contribution < 1.29 is 4.74 Å². The summed E-state index contributed by atoms with van der Waals surface area (Å²) in [4.78, 5) is 9.05. The van der Waals surface area contributed by atoms with Crippen molar-refractivity contribution in [2.45, 2.75) is 12.5 Å². The fourth-order valence-corrected chi connectivity index (χ4v) is 2.84. The first-order chi connectivity index (χ1) is 10.2. The normalized spacial score (nSPS) is 11.2. The van der Waals surface area contributed by atoms with E-state index in [1.54, 1.807) is 13.3 Å². The Morgan fingerprint density at radius 2 is 2.14 bits per heavy atom. The fourth-order valence-electron chi connectivity index (χ4n) is 2.34. The Balaban J connectivity index is 2.29. The van der Waals surface area contributed by atoms with E-state index in [4.69, 9.17) is 16.3 Å². The van der Waals surface area contributed by atoms with Gasteiger partial charge < -0.3 is 4.74 Å². The molecule has 0 saturated carbocycles. The van der Waals surface area contributed by atoms with Crippen LogP contribution in [0.2, 0.25) is 0 Å². The Kier molecular flexibility index (Phi) is 4.24. The molecule has 0 fully saturated rings. The Labute approximate surface area is 135 Å². The molecule has 2 heterocycles. The van der Waals surface area contributed by atoms with Gasteiger partial charge in [0.05, 0.1) is 18.2 Å². The minimum Gasteiger partial charge on any atom is -0.380 e. The summed E-state index contributed by atoms with van der Waals surface area (Å²) >= 11 is 9.49. The number of methoxy groups -OCH3 is 1. The molecule has 0 amide bonds. The third-order valence-electron chi connectivity index (χ3n) is 3.19. The summed E-state index contributed by atoms with van der Waals surface area (Å²) in [6.45, 7) is 0.522. The number of hydrogen-bond acceptors (Lipinski definition) is 3. The SMILES string of the molecule is COCc1ccccc1-n1c(CCl)nc2cc(Br)cnc21. The maximum absolute atomic E-state index is 6.07. The molecule has 2 aromatic heterocycles. The van der Waals surface area contributed by atoms with Crippen LogP contribution in [0.1, 0.15) is 11.4 Å². The zero-order chi connectivity index (χ0) is 14.8. The average Bonchev–Trinajstić information content (AvgIpc) is 2.85. The molecule has 0 bridgehead atoms. The monoisotopic (exact) mass is 365 g/mol. The topological polar surface area (TPSA) is 39.9 Å². The van der Waals surface area contributed by atoms with Gasteiger partial charge in [-0.2, -0.15) is 0 Å². The lowest BCUT2D eigenvalue weighted by Gasteiger charge is -2.12. The van der Waals surface area contributed by atoms with E-state index in [1.165, 1.54) is 0 Å². The molecule has 0 radical (unpaired) electrons. The molecule has 108 valence electrons. The van der Waals surface area contributed by atoms with Gasteiger partial charge in [-0.15, -0.1) is 11.6 Å². The average molecular weight is 367 g/mol.